The molecule has 9 heteroatoms. The molecule has 1 aliphatic rings. The van der Waals surface area contributed by atoms with Gasteiger partial charge in [-0.1, -0.05) is 36.4 Å². The quantitative estimate of drug-likeness (QED) is 0.489. The maximum atomic E-state index is 12.7. The Morgan fingerprint density at radius 3 is 2.31 bits per heavy atom. The SMILES string of the molecule is COc1ccc(CN2CCN(C(=O)CCNS(=O)(=O)c3ccc4ccccc4c3)CC2)cc1OC. The van der Waals surface area contributed by atoms with Gasteiger partial charge >= 0.3 is 0 Å². The Kier molecular flexibility index (Phi) is 7.90. The number of benzene rings is 3. The topological polar surface area (TPSA) is 88.2 Å². The second-order valence-electron chi connectivity index (χ2n) is 8.50. The number of fused-ring (bicyclic) bond motifs is 1. The zero-order valence-corrected chi connectivity index (χ0v) is 20.9. The zero-order valence-electron chi connectivity index (χ0n) is 20.1. The summed E-state index contributed by atoms with van der Waals surface area (Å²) < 4.78 is 38.6. The largest absolute Gasteiger partial charge is 0.493 e. The summed E-state index contributed by atoms with van der Waals surface area (Å²) in [4.78, 5) is 16.9. The summed E-state index contributed by atoms with van der Waals surface area (Å²) in [5.74, 6) is 1.35. The molecule has 1 fully saturated rings. The average molecular weight is 498 g/mol. The smallest absolute Gasteiger partial charge is 0.240 e. The number of nitrogens with one attached hydrogen (secondary N) is 1. The first-order valence-corrected chi connectivity index (χ1v) is 13.1. The van der Waals surface area contributed by atoms with Crippen LogP contribution in [0.4, 0.5) is 0 Å². The first kappa shape index (κ1) is 25.0. The van der Waals surface area contributed by atoms with Crippen LogP contribution in [0.25, 0.3) is 10.8 Å². The molecule has 0 aromatic heterocycles. The lowest BCUT2D eigenvalue weighted by Crippen LogP contribution is -2.48. The van der Waals surface area contributed by atoms with Crippen molar-refractivity contribution < 1.29 is 22.7 Å². The highest BCUT2D eigenvalue weighted by Gasteiger charge is 2.22. The van der Waals surface area contributed by atoms with Gasteiger partial charge in [0.2, 0.25) is 15.9 Å². The van der Waals surface area contributed by atoms with Crippen molar-refractivity contribution in [1.82, 2.24) is 14.5 Å². The van der Waals surface area contributed by atoms with E-state index in [1.165, 1.54) is 0 Å². The minimum absolute atomic E-state index is 0.0445. The molecule has 0 radical (unpaired) electrons. The maximum absolute atomic E-state index is 12.7. The predicted octanol–water partition coefficient (Wildman–Crippen LogP) is 2.87. The number of amides is 1. The average Bonchev–Trinajstić information content (AvgIpc) is 2.88. The van der Waals surface area contributed by atoms with Crippen LogP contribution in [0.3, 0.4) is 0 Å². The Bertz CT molecular complexity index is 1290. The number of ether oxygens (including phenoxy) is 2. The summed E-state index contributed by atoms with van der Waals surface area (Å²) in [5, 5.41) is 1.84. The molecular formula is C26H31N3O5S. The molecule has 4 rings (SSSR count). The molecule has 35 heavy (non-hydrogen) atoms. The van der Waals surface area contributed by atoms with E-state index >= 15 is 0 Å². The van der Waals surface area contributed by atoms with E-state index in [1.54, 1.807) is 37.3 Å². The van der Waals surface area contributed by atoms with Crippen molar-refractivity contribution in [3.05, 3.63) is 66.2 Å². The van der Waals surface area contributed by atoms with Gasteiger partial charge in [0.15, 0.2) is 11.5 Å². The van der Waals surface area contributed by atoms with Gasteiger partial charge in [-0.3, -0.25) is 9.69 Å². The molecule has 0 bridgehead atoms. The zero-order chi connectivity index (χ0) is 24.8. The molecule has 186 valence electrons. The standard InChI is InChI=1S/C26H31N3O5S/c1-33-24-10-7-20(17-25(24)34-2)19-28-13-15-29(16-14-28)26(30)11-12-27-35(31,32)23-9-8-21-5-3-4-6-22(21)18-23/h3-10,17-18,27H,11-16,19H2,1-2H3. The Morgan fingerprint density at radius 2 is 1.60 bits per heavy atom. The number of hydrogen-bond donors (Lipinski definition) is 1. The summed E-state index contributed by atoms with van der Waals surface area (Å²) >= 11 is 0. The highest BCUT2D eigenvalue weighted by Crippen LogP contribution is 2.28. The van der Waals surface area contributed by atoms with Gasteiger partial charge in [0, 0.05) is 45.7 Å². The molecule has 0 spiro atoms. The van der Waals surface area contributed by atoms with Crippen molar-refractivity contribution in [1.29, 1.82) is 0 Å². The molecule has 0 saturated carbocycles. The molecule has 1 N–H and O–H groups in total. The van der Waals surface area contributed by atoms with E-state index in [0.29, 0.717) is 24.6 Å². The fourth-order valence-electron chi connectivity index (χ4n) is 4.26. The normalized spacial score (nSPS) is 14.7. The summed E-state index contributed by atoms with van der Waals surface area (Å²) in [5.41, 5.74) is 1.12. The van der Waals surface area contributed by atoms with E-state index in [-0.39, 0.29) is 23.8 Å². The molecule has 0 atom stereocenters. The monoisotopic (exact) mass is 497 g/mol. The fraction of sp³-hybridized carbons (Fsp3) is 0.346. The number of hydrogen-bond acceptors (Lipinski definition) is 6. The van der Waals surface area contributed by atoms with Crippen LogP contribution in [0.2, 0.25) is 0 Å². The number of carbonyl (C=O) groups is 1. The first-order valence-electron chi connectivity index (χ1n) is 11.6. The van der Waals surface area contributed by atoms with E-state index < -0.39 is 10.0 Å². The third-order valence-electron chi connectivity index (χ3n) is 6.24. The Hall–Kier alpha value is -3.14. The second-order valence-corrected chi connectivity index (χ2v) is 10.3. The Labute approximate surface area is 206 Å². The van der Waals surface area contributed by atoms with Gasteiger partial charge < -0.3 is 14.4 Å². The number of nitrogens with zero attached hydrogens (tertiary/aromatic N) is 2. The van der Waals surface area contributed by atoms with Crippen molar-refractivity contribution in [2.75, 3.05) is 46.9 Å². The highest BCUT2D eigenvalue weighted by atomic mass is 32.2. The molecule has 8 nitrogen and oxygen atoms in total. The summed E-state index contributed by atoms with van der Waals surface area (Å²) in [6.07, 6.45) is 0.127. The molecule has 0 unspecified atom stereocenters. The predicted molar refractivity (Wildman–Crippen MR) is 135 cm³/mol. The van der Waals surface area contributed by atoms with E-state index in [2.05, 4.69) is 9.62 Å². The van der Waals surface area contributed by atoms with Crippen molar-refractivity contribution in [2.24, 2.45) is 0 Å². The fourth-order valence-corrected chi connectivity index (χ4v) is 5.33. The van der Waals surface area contributed by atoms with Crippen molar-refractivity contribution in [3.8, 4) is 11.5 Å². The van der Waals surface area contributed by atoms with Crippen molar-refractivity contribution in [3.63, 3.8) is 0 Å². The molecular weight excluding hydrogens is 466 g/mol. The van der Waals surface area contributed by atoms with Crippen LogP contribution in [0, 0.1) is 0 Å². The third-order valence-corrected chi connectivity index (χ3v) is 7.70. The number of carbonyl (C=O) groups excluding carboxylic acids is 1. The van der Waals surface area contributed by atoms with Gasteiger partial charge in [-0.15, -0.1) is 0 Å². The molecule has 3 aromatic carbocycles. The first-order chi connectivity index (χ1) is 16.9. The van der Waals surface area contributed by atoms with Crippen LogP contribution in [-0.2, 0) is 21.4 Å². The van der Waals surface area contributed by atoms with E-state index in [4.69, 9.17) is 9.47 Å². The van der Waals surface area contributed by atoms with Crippen molar-refractivity contribution >= 4 is 26.7 Å². The van der Waals surface area contributed by atoms with Crippen LogP contribution in [0.5, 0.6) is 11.5 Å². The number of methoxy groups -OCH3 is 2. The second kappa shape index (κ2) is 11.1. The summed E-state index contributed by atoms with van der Waals surface area (Å²) in [7, 11) is -0.448. The van der Waals surface area contributed by atoms with Crippen LogP contribution in [-0.4, -0.2) is 71.1 Å². The minimum Gasteiger partial charge on any atom is -0.493 e. The molecule has 3 aromatic rings. The lowest BCUT2D eigenvalue weighted by Gasteiger charge is -2.35. The van der Waals surface area contributed by atoms with Crippen LogP contribution in [0.1, 0.15) is 12.0 Å². The highest BCUT2D eigenvalue weighted by molar-refractivity contribution is 7.89. The van der Waals surface area contributed by atoms with E-state index in [9.17, 15) is 13.2 Å². The third kappa shape index (κ3) is 6.11. The van der Waals surface area contributed by atoms with Gasteiger partial charge in [-0.05, 0) is 40.6 Å². The lowest BCUT2D eigenvalue weighted by atomic mass is 10.1. The van der Waals surface area contributed by atoms with Crippen LogP contribution < -0.4 is 14.2 Å². The van der Waals surface area contributed by atoms with E-state index in [1.807, 2.05) is 42.5 Å². The minimum atomic E-state index is -3.68. The summed E-state index contributed by atoms with van der Waals surface area (Å²) in [6.45, 7) is 3.56. The van der Waals surface area contributed by atoms with Gasteiger partial charge in [0.25, 0.3) is 0 Å². The molecule has 1 aliphatic heterocycles. The van der Waals surface area contributed by atoms with Gasteiger partial charge in [0.1, 0.15) is 0 Å². The van der Waals surface area contributed by atoms with Crippen molar-refractivity contribution in [2.45, 2.75) is 17.9 Å². The van der Waals surface area contributed by atoms with Gasteiger partial charge in [-0.25, -0.2) is 13.1 Å². The molecule has 1 heterocycles. The van der Waals surface area contributed by atoms with Crippen LogP contribution in [0.15, 0.2) is 65.6 Å². The molecule has 1 amide bonds. The van der Waals surface area contributed by atoms with Crippen LogP contribution >= 0.6 is 0 Å². The Balaban J connectivity index is 1.24. The number of rotatable bonds is 9. The summed E-state index contributed by atoms with van der Waals surface area (Å²) in [6, 6.07) is 18.5. The van der Waals surface area contributed by atoms with Gasteiger partial charge in [0.05, 0.1) is 19.1 Å². The Morgan fingerprint density at radius 1 is 0.886 bits per heavy atom. The maximum Gasteiger partial charge on any atom is 0.240 e. The number of sulfonamides is 1. The number of piperazine rings is 1. The molecule has 1 saturated heterocycles. The lowest BCUT2D eigenvalue weighted by molar-refractivity contribution is -0.132. The van der Waals surface area contributed by atoms with Gasteiger partial charge in [-0.2, -0.15) is 0 Å². The molecule has 0 aliphatic carbocycles. The van der Waals surface area contributed by atoms with E-state index in [0.717, 1.165) is 36.0 Å².